The van der Waals surface area contributed by atoms with Crippen LogP contribution in [0.1, 0.15) is 0 Å². The summed E-state index contributed by atoms with van der Waals surface area (Å²) >= 11 is 0. The molecule has 0 amide bonds. The van der Waals surface area contributed by atoms with Crippen LogP contribution in [0.4, 0.5) is 0 Å². The Hall–Kier alpha value is -7.19. The molecular weight excluding hydrogens is 722 g/mol. The van der Waals surface area contributed by atoms with Crippen molar-refractivity contribution in [2.24, 2.45) is 0 Å². The molecule has 8 aromatic carbocycles. The molecule has 1 aliphatic heterocycles. The second-order valence-corrected chi connectivity index (χ2v) is 16.8. The third-order valence-corrected chi connectivity index (χ3v) is 13.7. The van der Waals surface area contributed by atoms with Crippen LogP contribution in [0.5, 0.6) is 0 Å². The SMILES string of the molecule is c1ccc(-c2ccc(-c3cc(-c4ccc(-n5c6c(c7ccccc75)-c5ccccc5P(c5ccccc5)c5ccccc5-6)cc4)nc(-c4ccccc4)n3)cc2)cc1. The van der Waals surface area contributed by atoms with Gasteiger partial charge in [-0.05, 0) is 64.8 Å². The van der Waals surface area contributed by atoms with Gasteiger partial charge in [0.05, 0.1) is 22.6 Å². The predicted octanol–water partition coefficient (Wildman–Crippen LogP) is 12.5. The molecule has 11 rings (SSSR count). The summed E-state index contributed by atoms with van der Waals surface area (Å²) in [6, 6.07) is 78.5. The molecule has 0 aliphatic carbocycles. The normalized spacial score (nSPS) is 13.0. The molecule has 0 N–H and O–H groups in total. The van der Waals surface area contributed by atoms with Crippen molar-refractivity contribution < 1.29 is 0 Å². The third-order valence-electron chi connectivity index (χ3n) is 11.2. The van der Waals surface area contributed by atoms with E-state index < -0.39 is 7.92 Å². The summed E-state index contributed by atoms with van der Waals surface area (Å²) in [6.45, 7) is 0. The van der Waals surface area contributed by atoms with Crippen molar-refractivity contribution in [3.63, 3.8) is 0 Å². The van der Waals surface area contributed by atoms with Crippen LogP contribution in [0.25, 0.3) is 84.0 Å². The first-order valence-corrected chi connectivity index (χ1v) is 21.0. The average Bonchev–Trinajstić information content (AvgIpc) is 3.59. The van der Waals surface area contributed by atoms with Crippen LogP contribution in [-0.4, -0.2) is 14.5 Å². The molecule has 0 saturated heterocycles. The smallest absolute Gasteiger partial charge is 0.160 e. The summed E-state index contributed by atoms with van der Waals surface area (Å²) in [5, 5.41) is 5.36. The maximum atomic E-state index is 5.17. The van der Waals surface area contributed by atoms with Gasteiger partial charge in [0.15, 0.2) is 5.82 Å². The lowest BCUT2D eigenvalue weighted by atomic mass is 9.98. The van der Waals surface area contributed by atoms with E-state index in [-0.39, 0.29) is 0 Å². The molecule has 1 unspecified atom stereocenters. The Labute approximate surface area is 339 Å². The van der Waals surface area contributed by atoms with E-state index in [2.05, 4.69) is 199 Å². The van der Waals surface area contributed by atoms with E-state index in [0.717, 1.165) is 33.8 Å². The van der Waals surface area contributed by atoms with Crippen molar-refractivity contribution in [2.45, 2.75) is 0 Å². The van der Waals surface area contributed by atoms with Crippen molar-refractivity contribution in [2.75, 3.05) is 0 Å². The fourth-order valence-electron chi connectivity index (χ4n) is 8.47. The Kier molecular flexibility index (Phi) is 8.46. The lowest BCUT2D eigenvalue weighted by Gasteiger charge is -2.22. The predicted molar refractivity (Wildman–Crippen MR) is 244 cm³/mol. The van der Waals surface area contributed by atoms with E-state index in [0.29, 0.717) is 5.82 Å². The molecule has 0 saturated carbocycles. The van der Waals surface area contributed by atoms with Crippen LogP contribution in [0.15, 0.2) is 218 Å². The highest BCUT2D eigenvalue weighted by molar-refractivity contribution is 7.80. The van der Waals surface area contributed by atoms with Gasteiger partial charge in [0.25, 0.3) is 0 Å². The Bertz CT molecular complexity index is 3080. The number of rotatable bonds is 6. The van der Waals surface area contributed by atoms with Crippen molar-refractivity contribution in [3.05, 3.63) is 218 Å². The van der Waals surface area contributed by atoms with E-state index in [9.17, 15) is 0 Å². The highest BCUT2D eigenvalue weighted by Gasteiger charge is 2.32. The molecule has 1 aliphatic rings. The molecule has 58 heavy (non-hydrogen) atoms. The summed E-state index contributed by atoms with van der Waals surface area (Å²) in [4.78, 5) is 10.3. The lowest BCUT2D eigenvalue weighted by molar-refractivity contribution is 1.13. The number of fused-ring (bicyclic) bond motifs is 7. The van der Waals surface area contributed by atoms with Crippen molar-refractivity contribution >= 4 is 34.7 Å². The molecule has 10 aromatic rings. The second-order valence-electron chi connectivity index (χ2n) is 14.6. The van der Waals surface area contributed by atoms with Gasteiger partial charge in [-0.25, -0.2) is 9.97 Å². The third kappa shape index (κ3) is 5.87. The van der Waals surface area contributed by atoms with Crippen LogP contribution >= 0.6 is 7.92 Å². The van der Waals surface area contributed by atoms with Crippen molar-refractivity contribution in [1.82, 2.24) is 14.5 Å². The zero-order chi connectivity index (χ0) is 38.4. The van der Waals surface area contributed by atoms with Gasteiger partial charge >= 0.3 is 0 Å². The summed E-state index contributed by atoms with van der Waals surface area (Å²) in [6.07, 6.45) is 0. The molecule has 0 bridgehead atoms. The molecule has 0 spiro atoms. The van der Waals surface area contributed by atoms with Gasteiger partial charge in [-0.15, -0.1) is 0 Å². The molecule has 4 heteroatoms. The van der Waals surface area contributed by atoms with Gasteiger partial charge in [0.1, 0.15) is 0 Å². The second kappa shape index (κ2) is 14.4. The number of para-hydroxylation sites is 1. The average molecular weight is 758 g/mol. The van der Waals surface area contributed by atoms with Crippen LogP contribution in [0.3, 0.4) is 0 Å². The van der Waals surface area contributed by atoms with Crippen LogP contribution in [0.2, 0.25) is 0 Å². The Morgan fingerprint density at radius 1 is 0.379 bits per heavy atom. The van der Waals surface area contributed by atoms with E-state index in [1.807, 2.05) is 24.3 Å². The van der Waals surface area contributed by atoms with Crippen LogP contribution in [0, 0.1) is 0 Å². The van der Waals surface area contributed by atoms with Crippen molar-refractivity contribution in [1.29, 1.82) is 0 Å². The zero-order valence-corrected chi connectivity index (χ0v) is 32.5. The largest absolute Gasteiger partial charge is 0.309 e. The van der Waals surface area contributed by atoms with E-state index in [1.54, 1.807) is 0 Å². The number of aromatic nitrogens is 3. The number of hydrogen-bond acceptors (Lipinski definition) is 2. The maximum Gasteiger partial charge on any atom is 0.160 e. The molecule has 0 fully saturated rings. The lowest BCUT2D eigenvalue weighted by Crippen LogP contribution is -2.22. The molecule has 1 atom stereocenters. The molecular formula is C54H36N3P. The highest BCUT2D eigenvalue weighted by Crippen LogP contribution is 2.50. The summed E-state index contributed by atoms with van der Waals surface area (Å²) in [5.74, 6) is 0.705. The first-order valence-electron chi connectivity index (χ1n) is 19.7. The Morgan fingerprint density at radius 2 is 0.862 bits per heavy atom. The minimum atomic E-state index is -0.804. The molecule has 0 radical (unpaired) electrons. The summed E-state index contributed by atoms with van der Waals surface area (Å²) in [7, 11) is -0.804. The molecule has 3 nitrogen and oxygen atoms in total. The fourth-order valence-corrected chi connectivity index (χ4v) is 11.1. The highest BCUT2D eigenvalue weighted by atomic mass is 31.1. The topological polar surface area (TPSA) is 30.7 Å². The van der Waals surface area contributed by atoms with Gasteiger partial charge in [-0.1, -0.05) is 194 Å². The molecule has 2 aromatic heterocycles. The van der Waals surface area contributed by atoms with Gasteiger partial charge in [-0.2, -0.15) is 0 Å². The fraction of sp³-hybridized carbons (Fsp3) is 0. The van der Waals surface area contributed by atoms with Gasteiger partial charge in [0, 0.05) is 38.9 Å². The maximum absolute atomic E-state index is 5.17. The standard InChI is InChI=1S/C54H36N3P/c1-4-16-37(17-5-1)38-28-30-39(31-29-38)47-36-48(56-54(55-47)41-18-6-2-7-19-41)40-32-34-42(35-33-40)57-49-25-13-10-22-44(49)52-45-23-11-14-26-50(45)58(43-20-8-3-9-21-43)51-27-15-12-24-46(51)53(52)57/h1-36H. The Balaban J connectivity index is 1.07. The molecule has 272 valence electrons. The number of hydrogen-bond donors (Lipinski definition) is 0. The first-order chi connectivity index (χ1) is 28.8. The number of benzene rings is 8. The summed E-state index contributed by atoms with van der Waals surface area (Å²) in [5.41, 5.74) is 14.6. The van der Waals surface area contributed by atoms with Crippen LogP contribution in [-0.2, 0) is 0 Å². The summed E-state index contributed by atoms with van der Waals surface area (Å²) < 4.78 is 2.48. The van der Waals surface area contributed by atoms with Gasteiger partial charge in [-0.3, -0.25) is 0 Å². The Morgan fingerprint density at radius 3 is 1.53 bits per heavy atom. The minimum Gasteiger partial charge on any atom is -0.309 e. The first kappa shape index (κ1) is 34.1. The zero-order valence-electron chi connectivity index (χ0n) is 31.6. The minimum absolute atomic E-state index is 0.705. The number of nitrogens with zero attached hydrogens (tertiary/aromatic N) is 3. The quantitative estimate of drug-likeness (QED) is 0.158. The van der Waals surface area contributed by atoms with Crippen LogP contribution < -0.4 is 15.9 Å². The van der Waals surface area contributed by atoms with Crippen molar-refractivity contribution in [3.8, 4) is 73.1 Å². The molecule has 3 heterocycles. The van der Waals surface area contributed by atoms with Gasteiger partial charge in [0.2, 0.25) is 0 Å². The van der Waals surface area contributed by atoms with E-state index in [1.165, 1.54) is 60.3 Å². The monoisotopic (exact) mass is 757 g/mol. The van der Waals surface area contributed by atoms with Gasteiger partial charge < -0.3 is 4.57 Å². The van der Waals surface area contributed by atoms with E-state index >= 15 is 0 Å². The van der Waals surface area contributed by atoms with E-state index in [4.69, 9.17) is 9.97 Å².